The van der Waals surface area contributed by atoms with Crippen LogP contribution in [0.3, 0.4) is 0 Å². The van der Waals surface area contributed by atoms with E-state index in [1.165, 1.54) is 10.1 Å². The molecule has 0 saturated carbocycles. The van der Waals surface area contributed by atoms with Gasteiger partial charge in [-0.1, -0.05) is 17.7 Å². The number of benzene rings is 1. The molecule has 154 valence electrons. The minimum atomic E-state index is -0.234. The van der Waals surface area contributed by atoms with Gasteiger partial charge in [0.05, 0.1) is 6.61 Å². The Balaban J connectivity index is 2.06. The van der Waals surface area contributed by atoms with Crippen LogP contribution in [-0.4, -0.2) is 27.2 Å². The van der Waals surface area contributed by atoms with Crippen LogP contribution in [0.2, 0.25) is 0 Å². The second-order valence-corrected chi connectivity index (χ2v) is 7.68. The van der Waals surface area contributed by atoms with E-state index in [9.17, 15) is 9.59 Å². The number of hydrogen-bond acceptors (Lipinski definition) is 4. The first-order valence-electron chi connectivity index (χ1n) is 10.1. The first-order chi connectivity index (χ1) is 13.7. The third kappa shape index (κ3) is 3.97. The van der Waals surface area contributed by atoms with Gasteiger partial charge in [-0.25, -0.2) is 9.50 Å². The topological polar surface area (TPSA) is 76.5 Å². The van der Waals surface area contributed by atoms with Gasteiger partial charge in [-0.15, -0.1) is 0 Å². The second kappa shape index (κ2) is 8.23. The average molecular weight is 396 g/mol. The number of nitrogens with zero attached hydrogens (tertiary/aromatic N) is 2. The smallest absolute Gasteiger partial charge is 0.305 e. The van der Waals surface area contributed by atoms with Crippen molar-refractivity contribution in [2.75, 3.05) is 6.61 Å². The molecule has 0 radical (unpaired) electrons. The van der Waals surface area contributed by atoms with Crippen LogP contribution in [0.4, 0.5) is 0 Å². The van der Waals surface area contributed by atoms with E-state index in [0.717, 1.165) is 27.9 Å². The van der Waals surface area contributed by atoms with Crippen LogP contribution in [0.5, 0.6) is 0 Å². The molecule has 1 N–H and O–H groups in total. The van der Waals surface area contributed by atoms with E-state index in [1.807, 2.05) is 13.8 Å². The monoisotopic (exact) mass is 395 g/mol. The molecule has 2 aromatic heterocycles. The summed E-state index contributed by atoms with van der Waals surface area (Å²) >= 11 is 0. The largest absolute Gasteiger partial charge is 0.466 e. The summed E-state index contributed by atoms with van der Waals surface area (Å²) in [5, 5.41) is 3.20. The molecule has 0 atom stereocenters. The average Bonchev–Trinajstić information content (AvgIpc) is 2.94. The Morgan fingerprint density at radius 1 is 1.10 bits per heavy atom. The van der Waals surface area contributed by atoms with E-state index in [4.69, 9.17) is 9.72 Å². The molecular formula is C23H29N3O3. The third-order valence-corrected chi connectivity index (χ3v) is 5.30. The van der Waals surface area contributed by atoms with Crippen LogP contribution in [-0.2, 0) is 16.0 Å². The van der Waals surface area contributed by atoms with E-state index in [-0.39, 0.29) is 11.5 Å². The van der Waals surface area contributed by atoms with Crippen molar-refractivity contribution in [3.05, 3.63) is 56.1 Å². The Hall–Kier alpha value is -2.89. The second-order valence-electron chi connectivity index (χ2n) is 7.68. The molecule has 0 fully saturated rings. The van der Waals surface area contributed by atoms with Crippen molar-refractivity contribution in [1.29, 1.82) is 0 Å². The quantitative estimate of drug-likeness (QED) is 0.637. The molecule has 3 aromatic rings. The number of hydrogen-bond donors (Lipinski definition) is 1. The van der Waals surface area contributed by atoms with E-state index < -0.39 is 0 Å². The summed E-state index contributed by atoms with van der Waals surface area (Å²) in [5.74, 6) is -0.234. The van der Waals surface area contributed by atoms with Crippen LogP contribution in [0, 0.1) is 34.6 Å². The number of aryl methyl sites for hydroxylation is 5. The molecule has 1 aromatic carbocycles. The lowest BCUT2D eigenvalue weighted by Crippen LogP contribution is -2.22. The maximum atomic E-state index is 13.1. The molecule has 0 bridgehead atoms. The highest BCUT2D eigenvalue weighted by Gasteiger charge is 2.20. The van der Waals surface area contributed by atoms with Gasteiger partial charge in [0.2, 0.25) is 0 Å². The van der Waals surface area contributed by atoms with Crippen molar-refractivity contribution < 1.29 is 9.53 Å². The molecule has 0 amide bonds. The Bertz CT molecular complexity index is 1120. The van der Waals surface area contributed by atoms with Gasteiger partial charge < -0.3 is 4.74 Å². The van der Waals surface area contributed by atoms with Gasteiger partial charge in [-0.05, 0) is 71.1 Å². The fraction of sp³-hybridized carbons (Fsp3) is 0.435. The SMILES string of the molecule is CCOC(=O)CCCc1c(C)nc2c(-c3c(C)cc(C)cc3C)c(C)[nH]n2c1=O. The summed E-state index contributed by atoms with van der Waals surface area (Å²) in [7, 11) is 0. The van der Waals surface area contributed by atoms with Crippen LogP contribution >= 0.6 is 0 Å². The van der Waals surface area contributed by atoms with E-state index in [1.54, 1.807) is 6.92 Å². The van der Waals surface area contributed by atoms with Crippen molar-refractivity contribution in [2.45, 2.75) is 60.8 Å². The van der Waals surface area contributed by atoms with Gasteiger partial charge >= 0.3 is 5.97 Å². The van der Waals surface area contributed by atoms with Gasteiger partial charge in [0.1, 0.15) is 0 Å². The number of carbonyl (C=O) groups is 1. The Labute approximate surface area is 170 Å². The van der Waals surface area contributed by atoms with Crippen LogP contribution in [0.25, 0.3) is 16.8 Å². The number of aromatic amines is 1. The summed E-state index contributed by atoms with van der Waals surface area (Å²) in [6.07, 6.45) is 1.35. The number of aromatic nitrogens is 3. The van der Waals surface area contributed by atoms with E-state index in [0.29, 0.717) is 42.8 Å². The molecule has 3 rings (SSSR count). The zero-order valence-electron chi connectivity index (χ0n) is 18.1. The van der Waals surface area contributed by atoms with Crippen molar-refractivity contribution >= 4 is 11.6 Å². The Morgan fingerprint density at radius 3 is 2.38 bits per heavy atom. The predicted molar refractivity (Wildman–Crippen MR) is 115 cm³/mol. The fourth-order valence-electron chi connectivity index (χ4n) is 4.13. The lowest BCUT2D eigenvalue weighted by Gasteiger charge is -2.12. The summed E-state index contributed by atoms with van der Waals surface area (Å²) in [4.78, 5) is 29.5. The summed E-state index contributed by atoms with van der Waals surface area (Å²) in [5.41, 5.74) is 8.43. The first-order valence-corrected chi connectivity index (χ1v) is 10.1. The highest BCUT2D eigenvalue weighted by atomic mass is 16.5. The van der Waals surface area contributed by atoms with Crippen LogP contribution in [0.1, 0.15) is 53.4 Å². The number of fused-ring (bicyclic) bond motifs is 1. The summed E-state index contributed by atoms with van der Waals surface area (Å²) in [6.45, 7) is 12.3. The van der Waals surface area contributed by atoms with Crippen LogP contribution < -0.4 is 5.56 Å². The number of nitrogens with one attached hydrogen (secondary N) is 1. The molecule has 0 aliphatic rings. The highest BCUT2D eigenvalue weighted by molar-refractivity contribution is 5.84. The Kier molecular flexibility index (Phi) is 5.91. The van der Waals surface area contributed by atoms with Crippen LogP contribution in [0.15, 0.2) is 16.9 Å². The molecule has 6 heteroatoms. The normalized spacial score (nSPS) is 11.2. The molecule has 29 heavy (non-hydrogen) atoms. The van der Waals surface area contributed by atoms with E-state index >= 15 is 0 Å². The maximum absolute atomic E-state index is 13.1. The predicted octanol–water partition coefficient (Wildman–Crippen LogP) is 4.12. The number of ether oxygens (including phenoxy) is 1. The molecule has 6 nitrogen and oxygen atoms in total. The van der Waals surface area contributed by atoms with E-state index in [2.05, 4.69) is 38.0 Å². The van der Waals surface area contributed by atoms with Gasteiger partial charge in [0.15, 0.2) is 5.65 Å². The Morgan fingerprint density at radius 2 is 1.76 bits per heavy atom. The van der Waals surface area contributed by atoms with Crippen molar-refractivity contribution in [3.8, 4) is 11.1 Å². The molecular weight excluding hydrogens is 366 g/mol. The zero-order chi connectivity index (χ0) is 21.3. The number of H-pyrrole nitrogens is 1. The standard InChI is InChI=1S/C23H29N3O3/c1-7-29-19(27)10-8-9-18-16(5)24-22-21(17(6)25-26(22)23(18)28)20-14(3)11-13(2)12-15(20)4/h11-12,25H,7-10H2,1-6H3. The number of rotatable bonds is 6. The fourth-order valence-corrected chi connectivity index (χ4v) is 4.13. The summed E-state index contributed by atoms with van der Waals surface area (Å²) in [6, 6.07) is 4.31. The van der Waals surface area contributed by atoms with Gasteiger partial charge in [0, 0.05) is 28.9 Å². The minimum absolute atomic E-state index is 0.104. The first kappa shape index (κ1) is 20.8. The van der Waals surface area contributed by atoms with Gasteiger partial charge in [0.25, 0.3) is 5.56 Å². The molecule has 0 unspecified atom stereocenters. The third-order valence-electron chi connectivity index (χ3n) is 5.30. The van der Waals surface area contributed by atoms with Crippen molar-refractivity contribution in [2.24, 2.45) is 0 Å². The van der Waals surface area contributed by atoms with Crippen molar-refractivity contribution in [3.63, 3.8) is 0 Å². The molecule has 0 aliphatic heterocycles. The lowest BCUT2D eigenvalue weighted by atomic mass is 9.94. The van der Waals surface area contributed by atoms with Crippen molar-refractivity contribution in [1.82, 2.24) is 14.6 Å². The molecule has 0 saturated heterocycles. The minimum Gasteiger partial charge on any atom is -0.466 e. The summed E-state index contributed by atoms with van der Waals surface area (Å²) < 4.78 is 6.50. The van der Waals surface area contributed by atoms with Gasteiger partial charge in [-0.2, -0.15) is 0 Å². The zero-order valence-corrected chi connectivity index (χ0v) is 18.1. The number of esters is 1. The molecule has 0 spiro atoms. The maximum Gasteiger partial charge on any atom is 0.305 e. The number of carbonyl (C=O) groups excluding carboxylic acids is 1. The van der Waals surface area contributed by atoms with Gasteiger partial charge in [-0.3, -0.25) is 14.7 Å². The lowest BCUT2D eigenvalue weighted by molar-refractivity contribution is -0.143. The molecule has 2 heterocycles. The highest BCUT2D eigenvalue weighted by Crippen LogP contribution is 2.33. The molecule has 0 aliphatic carbocycles.